The number of rotatable bonds is 16. The third-order valence-corrected chi connectivity index (χ3v) is 6.76. The van der Waals surface area contributed by atoms with E-state index in [1.807, 2.05) is 0 Å². The van der Waals surface area contributed by atoms with Crippen molar-refractivity contribution in [2.45, 2.75) is 122 Å². The van der Waals surface area contributed by atoms with Crippen LogP contribution in [-0.4, -0.2) is 35.0 Å². The Morgan fingerprint density at radius 3 is 2.12 bits per heavy atom. The zero-order chi connectivity index (χ0) is 24.6. The first kappa shape index (κ1) is 28.1. The predicted molar refractivity (Wildman–Crippen MR) is 139 cm³/mol. The van der Waals surface area contributed by atoms with E-state index in [-0.39, 0.29) is 23.9 Å². The third-order valence-electron chi connectivity index (χ3n) is 6.76. The molecular formula is C29H45NO4. The van der Waals surface area contributed by atoms with Gasteiger partial charge in [0.2, 0.25) is 0 Å². The summed E-state index contributed by atoms with van der Waals surface area (Å²) < 4.78 is 5.67. The molecule has 0 unspecified atom stereocenters. The largest absolute Gasteiger partial charge is 0.508 e. The molecule has 2 rings (SSSR count). The molecule has 0 aromatic heterocycles. The minimum Gasteiger partial charge on any atom is -0.508 e. The molecule has 1 aliphatic heterocycles. The first-order valence-corrected chi connectivity index (χ1v) is 13.4. The summed E-state index contributed by atoms with van der Waals surface area (Å²) in [5.74, 6) is 0.207. The van der Waals surface area contributed by atoms with Gasteiger partial charge in [-0.05, 0) is 63.3 Å². The predicted octanol–water partition coefficient (Wildman–Crippen LogP) is 6.73. The number of esters is 1. The van der Waals surface area contributed by atoms with Gasteiger partial charge in [0.25, 0.3) is 0 Å². The molecule has 190 valence electrons. The number of hydrogen-bond donors (Lipinski definition) is 2. The van der Waals surface area contributed by atoms with E-state index >= 15 is 0 Å². The minimum atomic E-state index is -0.318. The smallest absolute Gasteiger partial charge is 0.331 e. The molecule has 0 bridgehead atoms. The van der Waals surface area contributed by atoms with Crippen molar-refractivity contribution in [3.05, 3.63) is 35.9 Å². The summed E-state index contributed by atoms with van der Waals surface area (Å²) in [6, 6.07) is 7.40. The maximum absolute atomic E-state index is 12.2. The molecule has 34 heavy (non-hydrogen) atoms. The highest BCUT2D eigenvalue weighted by atomic mass is 16.5. The number of benzene rings is 1. The van der Waals surface area contributed by atoms with Crippen LogP contribution < -0.4 is 5.32 Å². The van der Waals surface area contributed by atoms with Crippen LogP contribution in [-0.2, 0) is 14.3 Å². The Morgan fingerprint density at radius 2 is 1.53 bits per heavy atom. The van der Waals surface area contributed by atoms with Crippen molar-refractivity contribution >= 4 is 17.8 Å². The molecule has 1 aromatic rings. The number of aromatic hydroxyl groups is 1. The van der Waals surface area contributed by atoms with E-state index in [2.05, 4.69) is 12.2 Å². The number of carbonyl (C=O) groups is 2. The number of carbonyl (C=O) groups excluding carboxylic acids is 2. The van der Waals surface area contributed by atoms with Crippen molar-refractivity contribution in [1.82, 2.24) is 5.32 Å². The van der Waals surface area contributed by atoms with Gasteiger partial charge in [-0.25, -0.2) is 4.79 Å². The van der Waals surface area contributed by atoms with Crippen molar-refractivity contribution in [3.63, 3.8) is 0 Å². The fraction of sp³-hybridized carbons (Fsp3) is 0.655. The SMILES string of the molecule is CC(=O)CCCCCCCCCCCC[C@H]1CC[C@@H](OC(=O)/C=C/c2ccc(O)cc2)[C@H](C)N1. The fourth-order valence-electron chi connectivity index (χ4n) is 4.68. The zero-order valence-electron chi connectivity index (χ0n) is 21.3. The Balaban J connectivity index is 1.48. The van der Waals surface area contributed by atoms with Crippen molar-refractivity contribution in [1.29, 1.82) is 0 Å². The van der Waals surface area contributed by atoms with Crippen molar-refractivity contribution in [2.24, 2.45) is 0 Å². The Kier molecular flexibility index (Phi) is 13.6. The van der Waals surface area contributed by atoms with E-state index in [4.69, 9.17) is 4.74 Å². The van der Waals surface area contributed by atoms with Crippen LogP contribution >= 0.6 is 0 Å². The van der Waals surface area contributed by atoms with Crippen LogP contribution in [0.3, 0.4) is 0 Å². The number of piperidine rings is 1. The normalized spacial score (nSPS) is 20.5. The lowest BCUT2D eigenvalue weighted by Gasteiger charge is -2.35. The van der Waals surface area contributed by atoms with Gasteiger partial charge in [0.15, 0.2) is 0 Å². The highest BCUT2D eigenvalue weighted by molar-refractivity contribution is 5.87. The number of ether oxygens (including phenoxy) is 1. The molecule has 0 saturated carbocycles. The van der Waals surface area contributed by atoms with Gasteiger partial charge in [0, 0.05) is 24.6 Å². The summed E-state index contributed by atoms with van der Waals surface area (Å²) in [4.78, 5) is 23.1. The summed E-state index contributed by atoms with van der Waals surface area (Å²) in [5.41, 5.74) is 0.853. The maximum Gasteiger partial charge on any atom is 0.331 e. The average Bonchev–Trinajstić information content (AvgIpc) is 2.81. The first-order valence-electron chi connectivity index (χ1n) is 13.4. The van der Waals surface area contributed by atoms with E-state index in [0.29, 0.717) is 11.8 Å². The number of phenols is 1. The molecule has 0 aliphatic carbocycles. The number of Topliss-reactive ketones (excluding diaryl/α,β-unsaturated/α-hetero) is 1. The van der Waals surface area contributed by atoms with Gasteiger partial charge < -0.3 is 20.0 Å². The molecule has 0 amide bonds. The van der Waals surface area contributed by atoms with Crippen LogP contribution in [0.4, 0.5) is 0 Å². The molecular weight excluding hydrogens is 426 g/mol. The fourth-order valence-corrected chi connectivity index (χ4v) is 4.68. The third kappa shape index (κ3) is 12.4. The summed E-state index contributed by atoms with van der Waals surface area (Å²) in [6.45, 7) is 3.79. The summed E-state index contributed by atoms with van der Waals surface area (Å²) in [6.07, 6.45) is 19.7. The van der Waals surface area contributed by atoms with Gasteiger partial charge in [-0.3, -0.25) is 0 Å². The van der Waals surface area contributed by atoms with Crippen molar-refractivity contribution in [2.75, 3.05) is 0 Å². The summed E-state index contributed by atoms with van der Waals surface area (Å²) in [5, 5.41) is 13.0. The minimum absolute atomic E-state index is 0.0873. The lowest BCUT2D eigenvalue weighted by atomic mass is 9.93. The molecule has 1 aromatic carbocycles. The maximum atomic E-state index is 12.2. The monoisotopic (exact) mass is 471 g/mol. The van der Waals surface area contributed by atoms with Crippen LogP contribution in [0.2, 0.25) is 0 Å². The van der Waals surface area contributed by atoms with Crippen LogP contribution in [0, 0.1) is 0 Å². The Morgan fingerprint density at radius 1 is 0.941 bits per heavy atom. The Labute approximate surface area is 206 Å². The Bertz CT molecular complexity index is 743. The van der Waals surface area contributed by atoms with Crippen LogP contribution in [0.15, 0.2) is 30.3 Å². The molecule has 5 heteroatoms. The molecule has 5 nitrogen and oxygen atoms in total. The van der Waals surface area contributed by atoms with Gasteiger partial charge in [-0.1, -0.05) is 69.9 Å². The Hall–Kier alpha value is -2.14. The van der Waals surface area contributed by atoms with Gasteiger partial charge in [0.05, 0.1) is 0 Å². The quantitative estimate of drug-likeness (QED) is 0.159. The topological polar surface area (TPSA) is 75.6 Å². The van der Waals surface area contributed by atoms with Crippen molar-refractivity contribution < 1.29 is 19.4 Å². The number of nitrogens with one attached hydrogen (secondary N) is 1. The van der Waals surface area contributed by atoms with E-state index in [1.165, 1.54) is 70.3 Å². The standard InChI is InChI=1S/C29H45NO4/c1-23(31)13-11-9-7-5-3-4-6-8-10-12-14-26-18-21-28(24(2)30-26)34-29(33)22-17-25-15-19-27(32)20-16-25/h15-17,19-20,22,24,26,28,30,32H,3-14,18,21H2,1-2H3/b22-17+/t24-,26-,28+/m0/s1. The second kappa shape index (κ2) is 16.5. The number of hydrogen-bond acceptors (Lipinski definition) is 5. The highest BCUT2D eigenvalue weighted by Gasteiger charge is 2.28. The zero-order valence-corrected chi connectivity index (χ0v) is 21.3. The van der Waals surface area contributed by atoms with Gasteiger partial charge in [0.1, 0.15) is 17.6 Å². The molecule has 1 saturated heterocycles. The molecule has 1 heterocycles. The summed E-state index contributed by atoms with van der Waals surface area (Å²) >= 11 is 0. The average molecular weight is 472 g/mol. The summed E-state index contributed by atoms with van der Waals surface area (Å²) in [7, 11) is 0. The second-order valence-corrected chi connectivity index (χ2v) is 9.91. The molecule has 0 radical (unpaired) electrons. The van der Waals surface area contributed by atoms with Crippen LogP contribution in [0.25, 0.3) is 6.08 Å². The van der Waals surface area contributed by atoms with E-state index < -0.39 is 0 Å². The molecule has 1 fully saturated rings. The molecule has 2 N–H and O–H groups in total. The number of unbranched alkanes of at least 4 members (excludes halogenated alkanes) is 9. The first-order chi connectivity index (χ1) is 16.4. The lowest BCUT2D eigenvalue weighted by molar-refractivity contribution is -0.145. The van der Waals surface area contributed by atoms with E-state index in [1.54, 1.807) is 37.3 Å². The van der Waals surface area contributed by atoms with E-state index in [9.17, 15) is 14.7 Å². The van der Waals surface area contributed by atoms with Gasteiger partial charge in [-0.15, -0.1) is 0 Å². The van der Waals surface area contributed by atoms with E-state index in [0.717, 1.165) is 31.2 Å². The van der Waals surface area contributed by atoms with Crippen LogP contribution in [0.1, 0.15) is 109 Å². The van der Waals surface area contributed by atoms with Crippen molar-refractivity contribution in [3.8, 4) is 5.75 Å². The van der Waals surface area contributed by atoms with Crippen LogP contribution in [0.5, 0.6) is 5.75 Å². The molecule has 3 atom stereocenters. The van der Waals surface area contributed by atoms with Gasteiger partial charge in [-0.2, -0.15) is 0 Å². The highest BCUT2D eigenvalue weighted by Crippen LogP contribution is 2.21. The lowest BCUT2D eigenvalue weighted by Crippen LogP contribution is -2.50. The number of ketones is 1. The number of phenolic OH excluding ortho intramolecular Hbond substituents is 1. The van der Waals surface area contributed by atoms with Gasteiger partial charge >= 0.3 is 5.97 Å². The second-order valence-electron chi connectivity index (χ2n) is 9.91. The molecule has 0 spiro atoms. The molecule has 1 aliphatic rings.